The van der Waals surface area contributed by atoms with Gasteiger partial charge in [0.1, 0.15) is 5.69 Å². The van der Waals surface area contributed by atoms with Crippen molar-refractivity contribution in [2.24, 2.45) is 0 Å². The van der Waals surface area contributed by atoms with Crippen molar-refractivity contribution in [2.75, 3.05) is 5.32 Å². The second-order valence-electron chi connectivity index (χ2n) is 3.60. The molecule has 0 unspecified atom stereocenters. The number of amides is 2. The largest absolute Gasteiger partial charge is 0.425 e. The number of carbonyl (C=O) groups is 2. The molecule has 105 valence electrons. The highest BCUT2D eigenvalue weighted by atomic mass is 19.4. The van der Waals surface area contributed by atoms with Crippen molar-refractivity contribution in [3.05, 3.63) is 27.6 Å². The number of hydrogen-bond acceptors (Lipinski definition) is 4. The van der Waals surface area contributed by atoms with Crippen molar-refractivity contribution >= 4 is 28.9 Å². The first kappa shape index (κ1) is 13.7. The predicted octanol–water partition coefficient (Wildman–Crippen LogP) is 1.47. The van der Waals surface area contributed by atoms with Crippen molar-refractivity contribution in [3.8, 4) is 0 Å². The highest BCUT2D eigenvalue weighted by Crippen LogP contribution is 2.46. The van der Waals surface area contributed by atoms with Crippen LogP contribution in [0.4, 0.5) is 34.6 Å². The summed E-state index contributed by atoms with van der Waals surface area (Å²) in [5, 5.41) is 15.1. The summed E-state index contributed by atoms with van der Waals surface area (Å²) in [7, 11) is 0. The zero-order chi connectivity index (χ0) is 15.2. The Morgan fingerprint density at radius 1 is 1.30 bits per heavy atom. The van der Waals surface area contributed by atoms with Gasteiger partial charge in [-0.3, -0.25) is 19.7 Å². The van der Waals surface area contributed by atoms with E-state index < -0.39 is 51.4 Å². The third-order valence-electron chi connectivity index (χ3n) is 2.35. The maximum atomic E-state index is 13.4. The third kappa shape index (κ3) is 2.02. The molecular formula is C9H2F4N3O4. The highest BCUT2D eigenvalue weighted by molar-refractivity contribution is 6.42. The van der Waals surface area contributed by atoms with Gasteiger partial charge in [0.2, 0.25) is 5.82 Å². The minimum Gasteiger partial charge on any atom is -0.316 e. The number of hydrogen-bond donors (Lipinski definition) is 1. The van der Waals surface area contributed by atoms with Gasteiger partial charge in [-0.15, -0.1) is 0 Å². The first-order valence-electron chi connectivity index (χ1n) is 4.78. The van der Waals surface area contributed by atoms with E-state index in [2.05, 4.69) is 5.32 Å². The lowest BCUT2D eigenvalue weighted by molar-refractivity contribution is -0.390. The summed E-state index contributed by atoms with van der Waals surface area (Å²) < 4.78 is 52.0. The summed E-state index contributed by atoms with van der Waals surface area (Å²) in [4.78, 5) is 30.9. The van der Waals surface area contributed by atoms with Gasteiger partial charge >= 0.3 is 23.7 Å². The molecule has 0 fully saturated rings. The monoisotopic (exact) mass is 292 g/mol. The van der Waals surface area contributed by atoms with Crippen LogP contribution in [0.15, 0.2) is 6.07 Å². The number of halogens is 4. The minimum atomic E-state index is -5.33. The zero-order valence-electron chi connectivity index (χ0n) is 9.12. The summed E-state index contributed by atoms with van der Waals surface area (Å²) in [5.41, 5.74) is -5.82. The number of nitro benzene ring substituents is 1. The van der Waals surface area contributed by atoms with Gasteiger partial charge in [0.05, 0.1) is 10.6 Å². The Morgan fingerprint density at radius 3 is 2.40 bits per heavy atom. The van der Waals surface area contributed by atoms with Crippen LogP contribution in [-0.2, 0) is 15.8 Å². The van der Waals surface area contributed by atoms with Gasteiger partial charge in [0.25, 0.3) is 0 Å². The van der Waals surface area contributed by atoms with E-state index in [9.17, 15) is 37.3 Å². The maximum absolute atomic E-state index is 13.4. The number of benzene rings is 1. The normalized spacial score (nSPS) is 14.4. The van der Waals surface area contributed by atoms with Crippen LogP contribution in [0, 0.1) is 15.9 Å². The molecule has 11 heteroatoms. The molecule has 0 aliphatic carbocycles. The van der Waals surface area contributed by atoms with E-state index in [1.54, 1.807) is 5.32 Å². The van der Waals surface area contributed by atoms with E-state index in [0.717, 1.165) is 0 Å². The Bertz CT molecular complexity index is 656. The minimum absolute atomic E-state index is 0.302. The molecule has 1 aliphatic rings. The van der Waals surface area contributed by atoms with Crippen LogP contribution < -0.4 is 10.6 Å². The lowest BCUT2D eigenvalue weighted by Crippen LogP contribution is -2.35. The molecule has 0 saturated carbocycles. The first-order valence-corrected chi connectivity index (χ1v) is 4.78. The van der Waals surface area contributed by atoms with Gasteiger partial charge in [-0.05, 0) is 0 Å². The van der Waals surface area contributed by atoms with E-state index >= 15 is 0 Å². The van der Waals surface area contributed by atoms with Crippen molar-refractivity contribution in [2.45, 2.75) is 6.18 Å². The summed E-state index contributed by atoms with van der Waals surface area (Å²) in [6, 6.07) is 0.302. The van der Waals surface area contributed by atoms with Crippen molar-refractivity contribution < 1.29 is 32.1 Å². The molecule has 0 atom stereocenters. The topological polar surface area (TPSA) is 103 Å². The molecule has 7 nitrogen and oxygen atoms in total. The maximum Gasteiger partial charge on any atom is 0.425 e. The van der Waals surface area contributed by atoms with Crippen LogP contribution in [0.5, 0.6) is 0 Å². The van der Waals surface area contributed by atoms with Gasteiger partial charge in [-0.1, -0.05) is 0 Å². The van der Waals surface area contributed by atoms with E-state index in [0.29, 0.717) is 6.07 Å². The molecule has 1 N–H and O–H groups in total. The first-order chi connectivity index (χ1) is 9.12. The molecule has 1 heterocycles. The van der Waals surface area contributed by atoms with Crippen molar-refractivity contribution in [1.29, 1.82) is 0 Å². The molecule has 1 aromatic rings. The van der Waals surface area contributed by atoms with Crippen molar-refractivity contribution in [1.82, 2.24) is 5.32 Å². The number of carbonyl (C=O) groups excluding carboxylic acids is 2. The molecule has 0 saturated heterocycles. The number of fused-ring (bicyclic) bond motifs is 1. The summed E-state index contributed by atoms with van der Waals surface area (Å²) >= 11 is 0. The highest BCUT2D eigenvalue weighted by Gasteiger charge is 2.47. The van der Waals surface area contributed by atoms with Crippen molar-refractivity contribution in [3.63, 3.8) is 0 Å². The average molecular weight is 292 g/mol. The Labute approximate surface area is 106 Å². The zero-order valence-corrected chi connectivity index (χ0v) is 9.12. The van der Waals surface area contributed by atoms with E-state index in [4.69, 9.17) is 0 Å². The second kappa shape index (κ2) is 4.15. The number of nitro groups is 1. The number of alkyl halides is 3. The Morgan fingerprint density at radius 2 is 1.90 bits per heavy atom. The molecule has 1 aromatic carbocycles. The predicted molar refractivity (Wildman–Crippen MR) is 53.5 cm³/mol. The molecule has 20 heavy (non-hydrogen) atoms. The van der Waals surface area contributed by atoms with E-state index in [1.807, 2.05) is 0 Å². The summed E-state index contributed by atoms with van der Waals surface area (Å²) in [6.45, 7) is 0. The fraction of sp³-hybridized carbons (Fsp3) is 0.111. The lowest BCUT2D eigenvalue weighted by atomic mass is 10.1. The smallest absolute Gasteiger partial charge is 0.316 e. The van der Waals surface area contributed by atoms with Gasteiger partial charge in [0, 0.05) is 6.07 Å². The lowest BCUT2D eigenvalue weighted by Gasteiger charge is -2.19. The quantitative estimate of drug-likeness (QED) is 0.366. The van der Waals surface area contributed by atoms with E-state index in [-0.39, 0.29) is 0 Å². The molecular weight excluding hydrogens is 290 g/mol. The molecule has 0 aromatic heterocycles. The van der Waals surface area contributed by atoms with Gasteiger partial charge in [0.15, 0.2) is 5.56 Å². The summed E-state index contributed by atoms with van der Waals surface area (Å²) in [6.07, 6.45) is -5.33. The van der Waals surface area contributed by atoms with E-state index in [1.165, 1.54) is 0 Å². The molecule has 1 radical (unpaired) electrons. The standard InChI is InChI=1S/C9H2F4N3O4/c10-2-1-3-5(15-8(18)7(17)14-3)4(9(11,12)13)6(2)16(19)20/h1H,(H,14,17). The number of rotatable bonds is 1. The summed E-state index contributed by atoms with van der Waals surface area (Å²) in [5.74, 6) is -4.73. The number of nitrogens with zero attached hydrogens (tertiary/aromatic N) is 2. The van der Waals surface area contributed by atoms with Gasteiger partial charge in [-0.25, -0.2) is 5.32 Å². The molecule has 0 spiro atoms. The Hall–Kier alpha value is -2.72. The molecule has 1 aliphatic heterocycles. The molecule has 2 amide bonds. The fourth-order valence-corrected chi connectivity index (χ4v) is 1.62. The molecule has 2 rings (SSSR count). The third-order valence-corrected chi connectivity index (χ3v) is 2.35. The number of nitrogens with one attached hydrogen (secondary N) is 1. The van der Waals surface area contributed by atoms with Gasteiger partial charge < -0.3 is 5.32 Å². The second-order valence-corrected chi connectivity index (χ2v) is 3.60. The van der Waals surface area contributed by atoms with Crippen LogP contribution >= 0.6 is 0 Å². The van der Waals surface area contributed by atoms with Crippen LogP contribution in [0.1, 0.15) is 5.56 Å². The van der Waals surface area contributed by atoms with Crippen LogP contribution in [0.25, 0.3) is 0 Å². The van der Waals surface area contributed by atoms with Gasteiger partial charge in [-0.2, -0.15) is 17.6 Å². The number of anilines is 1. The molecule has 0 bridgehead atoms. The fourth-order valence-electron chi connectivity index (χ4n) is 1.62. The SMILES string of the molecule is O=C1[N]c2c(cc(F)c([N+](=O)[O-])c2C(F)(F)F)NC1=O. The van der Waals surface area contributed by atoms with Crippen LogP contribution in [-0.4, -0.2) is 16.7 Å². The Kier molecular flexibility index (Phi) is 2.84. The van der Waals surface area contributed by atoms with Crippen LogP contribution in [0.3, 0.4) is 0 Å². The van der Waals surface area contributed by atoms with Crippen LogP contribution in [0.2, 0.25) is 0 Å². The average Bonchev–Trinajstić information content (AvgIpc) is 2.28. The Balaban J connectivity index is 2.83.